The van der Waals surface area contributed by atoms with Crippen LogP contribution in [0.5, 0.6) is 5.75 Å². The van der Waals surface area contributed by atoms with Crippen molar-refractivity contribution >= 4 is 11.8 Å². The second-order valence-corrected chi connectivity index (χ2v) is 5.23. The van der Waals surface area contributed by atoms with E-state index < -0.39 is 6.03 Å². The third-order valence-electron chi connectivity index (χ3n) is 3.61. The first-order valence-electron chi connectivity index (χ1n) is 6.92. The maximum atomic E-state index is 11.7. The molecule has 2 aromatic rings. The lowest BCUT2D eigenvalue weighted by atomic mass is 10.2. The van der Waals surface area contributed by atoms with Crippen molar-refractivity contribution in [2.24, 2.45) is 5.73 Å². The van der Waals surface area contributed by atoms with Crippen molar-refractivity contribution in [3.05, 3.63) is 41.6 Å². The molecule has 1 fully saturated rings. The first-order chi connectivity index (χ1) is 10.2. The number of benzene rings is 1. The minimum absolute atomic E-state index is 0.374. The molecule has 21 heavy (non-hydrogen) atoms. The molecule has 0 radical (unpaired) electrons. The summed E-state index contributed by atoms with van der Waals surface area (Å²) in [6, 6.07) is 8.95. The van der Waals surface area contributed by atoms with Gasteiger partial charge < -0.3 is 10.5 Å². The topological polar surface area (TPSA) is 84.2 Å². The number of nitrogens with zero attached hydrogens (tertiary/aromatic N) is 2. The third kappa shape index (κ3) is 2.99. The molecule has 1 heterocycles. The number of rotatable bonds is 5. The number of amides is 2. The number of aromatic nitrogens is 2. The first-order valence-corrected chi connectivity index (χ1v) is 6.92. The van der Waals surface area contributed by atoms with Crippen molar-refractivity contribution in [3.63, 3.8) is 0 Å². The molecule has 1 aliphatic rings. The van der Waals surface area contributed by atoms with E-state index in [9.17, 15) is 4.79 Å². The van der Waals surface area contributed by atoms with Gasteiger partial charge in [0.1, 0.15) is 11.6 Å². The lowest BCUT2D eigenvalue weighted by Crippen LogP contribution is -2.35. The number of nitrogens with one attached hydrogen (secondary N) is 1. The number of urea groups is 1. The van der Waals surface area contributed by atoms with Gasteiger partial charge in [-0.2, -0.15) is 5.10 Å². The average Bonchev–Trinajstić information content (AvgIpc) is 3.23. The molecule has 6 heteroatoms. The van der Waals surface area contributed by atoms with Crippen LogP contribution in [0.25, 0.3) is 0 Å². The summed E-state index contributed by atoms with van der Waals surface area (Å²) in [5.74, 6) is 1.91. The Labute approximate surface area is 122 Å². The molecule has 3 rings (SSSR count). The van der Waals surface area contributed by atoms with Crippen LogP contribution >= 0.6 is 0 Å². The number of nitrogens with two attached hydrogens (primary N) is 1. The average molecular weight is 286 g/mol. The van der Waals surface area contributed by atoms with Gasteiger partial charge in [0, 0.05) is 12.0 Å². The van der Waals surface area contributed by atoms with Crippen molar-refractivity contribution < 1.29 is 9.53 Å². The Morgan fingerprint density at radius 2 is 2.29 bits per heavy atom. The van der Waals surface area contributed by atoms with Gasteiger partial charge in [0.25, 0.3) is 0 Å². The van der Waals surface area contributed by atoms with Crippen molar-refractivity contribution in [2.45, 2.75) is 25.3 Å². The molecular weight excluding hydrogens is 268 g/mol. The Kier molecular flexibility index (Phi) is 3.51. The largest absolute Gasteiger partial charge is 0.497 e. The fourth-order valence-electron chi connectivity index (χ4n) is 2.29. The number of ether oxygens (including phenoxy) is 1. The second-order valence-electron chi connectivity index (χ2n) is 5.23. The molecule has 1 saturated carbocycles. The number of aromatic amines is 1. The fourth-order valence-corrected chi connectivity index (χ4v) is 2.29. The Morgan fingerprint density at radius 1 is 1.48 bits per heavy atom. The van der Waals surface area contributed by atoms with Crippen LogP contribution < -0.4 is 15.4 Å². The SMILES string of the molecule is COc1cccc(CN(C(N)=O)c2cc(C3CC3)n[nH]2)c1. The molecule has 0 bridgehead atoms. The van der Waals surface area contributed by atoms with Crippen LogP contribution in [-0.2, 0) is 6.54 Å². The number of hydrogen-bond acceptors (Lipinski definition) is 3. The highest BCUT2D eigenvalue weighted by molar-refractivity contribution is 5.89. The van der Waals surface area contributed by atoms with E-state index in [-0.39, 0.29) is 0 Å². The Morgan fingerprint density at radius 3 is 2.95 bits per heavy atom. The first kappa shape index (κ1) is 13.5. The highest BCUT2D eigenvalue weighted by Gasteiger charge is 2.27. The predicted molar refractivity (Wildman–Crippen MR) is 79.3 cm³/mol. The van der Waals surface area contributed by atoms with E-state index in [4.69, 9.17) is 10.5 Å². The molecule has 110 valence electrons. The zero-order valence-electron chi connectivity index (χ0n) is 11.9. The quantitative estimate of drug-likeness (QED) is 0.885. The molecule has 3 N–H and O–H groups in total. The summed E-state index contributed by atoms with van der Waals surface area (Å²) in [4.78, 5) is 13.2. The Hall–Kier alpha value is -2.50. The molecule has 0 saturated heterocycles. The summed E-state index contributed by atoms with van der Waals surface area (Å²) in [7, 11) is 1.61. The van der Waals surface area contributed by atoms with Crippen LogP contribution in [0.3, 0.4) is 0 Å². The normalized spacial score (nSPS) is 14.0. The summed E-state index contributed by atoms with van der Waals surface area (Å²) in [6.45, 7) is 0.374. The zero-order valence-corrected chi connectivity index (χ0v) is 11.9. The van der Waals surface area contributed by atoms with Crippen LogP contribution in [0, 0.1) is 0 Å². The lowest BCUT2D eigenvalue weighted by molar-refractivity contribution is 0.253. The number of carbonyl (C=O) groups excluding carboxylic acids is 1. The van der Waals surface area contributed by atoms with Gasteiger partial charge in [-0.3, -0.25) is 10.00 Å². The number of carbonyl (C=O) groups is 1. The van der Waals surface area contributed by atoms with Gasteiger partial charge in [0.2, 0.25) is 0 Å². The zero-order chi connectivity index (χ0) is 14.8. The maximum Gasteiger partial charge on any atom is 0.320 e. The number of H-pyrrole nitrogens is 1. The van der Waals surface area contributed by atoms with Crippen LogP contribution in [0.4, 0.5) is 10.6 Å². The van der Waals surface area contributed by atoms with Crippen LogP contribution in [0.2, 0.25) is 0 Å². The van der Waals surface area contributed by atoms with Crippen molar-refractivity contribution in [1.82, 2.24) is 10.2 Å². The molecule has 2 amide bonds. The van der Waals surface area contributed by atoms with Crippen LogP contribution in [0.1, 0.15) is 30.0 Å². The van der Waals surface area contributed by atoms with Gasteiger partial charge in [0.15, 0.2) is 0 Å². The van der Waals surface area contributed by atoms with E-state index in [2.05, 4.69) is 10.2 Å². The van der Waals surface area contributed by atoms with E-state index in [0.717, 1.165) is 29.8 Å². The molecule has 0 spiro atoms. The van der Waals surface area contributed by atoms with Crippen molar-refractivity contribution in [3.8, 4) is 5.75 Å². The van der Waals surface area contributed by atoms with E-state index in [0.29, 0.717) is 18.3 Å². The number of primary amides is 1. The van der Waals surface area contributed by atoms with Crippen molar-refractivity contribution in [1.29, 1.82) is 0 Å². The minimum atomic E-state index is -0.510. The molecule has 0 aliphatic heterocycles. The fraction of sp³-hybridized carbons (Fsp3) is 0.333. The van der Waals surface area contributed by atoms with Gasteiger partial charge in [-0.25, -0.2) is 4.79 Å². The molecule has 0 unspecified atom stereocenters. The molecule has 6 nitrogen and oxygen atoms in total. The summed E-state index contributed by atoms with van der Waals surface area (Å²) in [6.07, 6.45) is 2.33. The molecular formula is C15H18N4O2. The molecule has 1 aromatic heterocycles. The van der Waals surface area contributed by atoms with Crippen LogP contribution in [0.15, 0.2) is 30.3 Å². The van der Waals surface area contributed by atoms with Crippen LogP contribution in [-0.4, -0.2) is 23.3 Å². The molecule has 0 atom stereocenters. The van der Waals surface area contributed by atoms with E-state index in [1.165, 1.54) is 4.90 Å². The van der Waals surface area contributed by atoms with Gasteiger partial charge in [-0.05, 0) is 30.5 Å². The monoisotopic (exact) mass is 286 g/mol. The smallest absolute Gasteiger partial charge is 0.320 e. The number of methoxy groups -OCH3 is 1. The van der Waals surface area contributed by atoms with Gasteiger partial charge in [-0.15, -0.1) is 0 Å². The van der Waals surface area contributed by atoms with Crippen molar-refractivity contribution in [2.75, 3.05) is 12.0 Å². The highest BCUT2D eigenvalue weighted by atomic mass is 16.5. The molecule has 1 aliphatic carbocycles. The standard InChI is InChI=1S/C15H18N4O2/c1-21-12-4-2-3-10(7-12)9-19(15(16)20)14-8-13(17-18-14)11-5-6-11/h2-4,7-8,11H,5-6,9H2,1H3,(H2,16,20)(H,17,18). The lowest BCUT2D eigenvalue weighted by Gasteiger charge is -2.18. The summed E-state index contributed by atoms with van der Waals surface area (Å²) < 4.78 is 5.19. The van der Waals surface area contributed by atoms with E-state index in [1.54, 1.807) is 7.11 Å². The Bertz CT molecular complexity index is 649. The highest BCUT2D eigenvalue weighted by Crippen LogP contribution is 2.39. The summed E-state index contributed by atoms with van der Waals surface area (Å²) in [5.41, 5.74) is 7.44. The van der Waals surface area contributed by atoms with Gasteiger partial charge >= 0.3 is 6.03 Å². The minimum Gasteiger partial charge on any atom is -0.497 e. The van der Waals surface area contributed by atoms with E-state index in [1.807, 2.05) is 30.3 Å². The second kappa shape index (κ2) is 5.47. The molecule has 1 aromatic carbocycles. The predicted octanol–water partition coefficient (Wildman–Crippen LogP) is 2.38. The van der Waals surface area contributed by atoms with Gasteiger partial charge in [-0.1, -0.05) is 12.1 Å². The van der Waals surface area contributed by atoms with E-state index >= 15 is 0 Å². The van der Waals surface area contributed by atoms with Gasteiger partial charge in [0.05, 0.1) is 19.3 Å². The summed E-state index contributed by atoms with van der Waals surface area (Å²) in [5, 5.41) is 7.16. The maximum absolute atomic E-state index is 11.7. The summed E-state index contributed by atoms with van der Waals surface area (Å²) >= 11 is 0. The third-order valence-corrected chi connectivity index (χ3v) is 3.61. The number of anilines is 1. The Balaban J connectivity index is 1.81. The number of hydrogen-bond donors (Lipinski definition) is 2.